The van der Waals surface area contributed by atoms with Crippen molar-refractivity contribution in [2.45, 2.75) is 17.4 Å². The lowest BCUT2D eigenvalue weighted by Gasteiger charge is -2.23. The molecular weight excluding hydrogens is 281 g/mol. The Morgan fingerprint density at radius 1 is 1.21 bits per heavy atom. The minimum Gasteiger partial charge on any atom is -0.315 e. The van der Waals surface area contributed by atoms with Crippen molar-refractivity contribution in [3.63, 3.8) is 0 Å². The number of sulfonamides is 1. The van der Waals surface area contributed by atoms with Crippen LogP contribution in [0.4, 0.5) is 13.2 Å². The van der Waals surface area contributed by atoms with Gasteiger partial charge in [-0.1, -0.05) is 0 Å². The minimum atomic E-state index is -4.18. The highest BCUT2D eigenvalue weighted by Gasteiger charge is 2.32. The van der Waals surface area contributed by atoms with E-state index in [1.807, 2.05) is 0 Å². The molecule has 1 heterocycles. The Labute approximate surface area is 109 Å². The Morgan fingerprint density at radius 2 is 1.84 bits per heavy atom. The molecule has 8 heteroatoms. The van der Waals surface area contributed by atoms with Gasteiger partial charge in [-0.2, -0.15) is 4.31 Å². The van der Waals surface area contributed by atoms with E-state index in [4.69, 9.17) is 0 Å². The first-order chi connectivity index (χ1) is 8.84. The van der Waals surface area contributed by atoms with Gasteiger partial charge < -0.3 is 5.32 Å². The first-order valence-corrected chi connectivity index (χ1v) is 7.11. The van der Waals surface area contributed by atoms with E-state index in [1.54, 1.807) is 0 Å². The maximum absolute atomic E-state index is 13.5. The van der Waals surface area contributed by atoms with E-state index < -0.39 is 32.4 Å². The zero-order chi connectivity index (χ0) is 14.2. The van der Waals surface area contributed by atoms with Gasteiger partial charge >= 0.3 is 0 Å². The Hall–Kier alpha value is -1.12. The molecule has 0 aliphatic carbocycles. The maximum Gasteiger partial charge on any atom is 0.246 e. The monoisotopic (exact) mass is 294 g/mol. The van der Waals surface area contributed by atoms with E-state index in [9.17, 15) is 21.6 Å². The smallest absolute Gasteiger partial charge is 0.246 e. The van der Waals surface area contributed by atoms with Crippen LogP contribution in [0, 0.1) is 17.5 Å². The summed E-state index contributed by atoms with van der Waals surface area (Å²) in [6.45, 7) is 1.10. The molecule has 19 heavy (non-hydrogen) atoms. The zero-order valence-electron chi connectivity index (χ0n) is 10.2. The second-order valence-electron chi connectivity index (χ2n) is 4.36. The molecule has 1 unspecified atom stereocenters. The molecule has 1 aromatic carbocycles. The molecule has 106 valence electrons. The largest absolute Gasteiger partial charge is 0.315 e. The molecule has 0 spiro atoms. The van der Waals surface area contributed by atoms with E-state index in [0.29, 0.717) is 25.6 Å². The Morgan fingerprint density at radius 3 is 2.42 bits per heavy atom. The molecule has 1 aliphatic heterocycles. The quantitative estimate of drug-likeness (QED) is 0.849. The molecule has 0 aromatic heterocycles. The number of likely N-dealkylation sites (N-methyl/N-ethyl adjacent to an activating group) is 1. The number of hydrogen-bond acceptors (Lipinski definition) is 3. The van der Waals surface area contributed by atoms with Crippen molar-refractivity contribution in [3.05, 3.63) is 29.6 Å². The summed E-state index contributed by atoms with van der Waals surface area (Å²) in [5.41, 5.74) is 0. The van der Waals surface area contributed by atoms with Crippen LogP contribution in [0.5, 0.6) is 0 Å². The van der Waals surface area contributed by atoms with Gasteiger partial charge in [0.2, 0.25) is 10.0 Å². The van der Waals surface area contributed by atoms with Crippen LogP contribution < -0.4 is 5.32 Å². The van der Waals surface area contributed by atoms with Crippen LogP contribution in [-0.2, 0) is 10.0 Å². The van der Waals surface area contributed by atoms with Crippen molar-refractivity contribution in [2.24, 2.45) is 0 Å². The maximum atomic E-state index is 13.5. The second-order valence-corrected chi connectivity index (χ2v) is 6.33. The van der Waals surface area contributed by atoms with E-state index in [2.05, 4.69) is 5.32 Å². The number of rotatable bonds is 3. The highest BCUT2D eigenvalue weighted by Crippen LogP contribution is 2.24. The van der Waals surface area contributed by atoms with Crippen molar-refractivity contribution < 1.29 is 21.6 Å². The Balaban J connectivity index is 2.41. The summed E-state index contributed by atoms with van der Waals surface area (Å²) in [7, 11) is -2.88. The van der Waals surface area contributed by atoms with Gasteiger partial charge in [0.05, 0.1) is 0 Å². The normalized spacial score (nSPS) is 20.2. The van der Waals surface area contributed by atoms with Crippen molar-refractivity contribution >= 4 is 10.0 Å². The average Bonchev–Trinajstić information content (AvgIpc) is 2.86. The minimum absolute atomic E-state index is 0.239. The number of hydrogen-bond donors (Lipinski definition) is 1. The van der Waals surface area contributed by atoms with Crippen molar-refractivity contribution in [3.8, 4) is 0 Å². The third kappa shape index (κ3) is 2.60. The van der Waals surface area contributed by atoms with E-state index in [0.717, 1.165) is 4.31 Å². The van der Waals surface area contributed by atoms with Crippen molar-refractivity contribution in [1.82, 2.24) is 9.62 Å². The molecule has 1 aliphatic rings. The van der Waals surface area contributed by atoms with Gasteiger partial charge in [0.15, 0.2) is 11.6 Å². The lowest BCUT2D eigenvalue weighted by Crippen LogP contribution is -2.38. The lowest BCUT2D eigenvalue weighted by atomic mass is 10.3. The SMILES string of the molecule is CN(C1CCNC1)S(=O)(=O)c1cc(F)c(F)cc1F. The first-order valence-electron chi connectivity index (χ1n) is 5.67. The topological polar surface area (TPSA) is 49.4 Å². The van der Waals surface area contributed by atoms with Gasteiger partial charge in [0.1, 0.15) is 10.7 Å². The molecule has 1 aromatic rings. The molecule has 1 atom stereocenters. The van der Waals surface area contributed by atoms with Crippen molar-refractivity contribution in [1.29, 1.82) is 0 Å². The van der Waals surface area contributed by atoms with Gasteiger partial charge in [-0.25, -0.2) is 21.6 Å². The van der Waals surface area contributed by atoms with E-state index in [-0.39, 0.29) is 12.1 Å². The number of nitrogens with zero attached hydrogens (tertiary/aromatic N) is 1. The Bertz CT molecular complexity index is 586. The fourth-order valence-electron chi connectivity index (χ4n) is 2.00. The second kappa shape index (κ2) is 5.10. The predicted octanol–water partition coefficient (Wildman–Crippen LogP) is 1.09. The molecule has 1 N–H and O–H groups in total. The Kier molecular flexibility index (Phi) is 3.84. The van der Waals surface area contributed by atoms with E-state index >= 15 is 0 Å². The number of benzene rings is 1. The lowest BCUT2D eigenvalue weighted by molar-refractivity contribution is 0.383. The summed E-state index contributed by atoms with van der Waals surface area (Å²) in [6.07, 6.45) is 0.584. The highest BCUT2D eigenvalue weighted by atomic mass is 32.2. The van der Waals surface area contributed by atoms with E-state index in [1.165, 1.54) is 7.05 Å². The van der Waals surface area contributed by atoms with Crippen LogP contribution in [0.25, 0.3) is 0 Å². The fraction of sp³-hybridized carbons (Fsp3) is 0.455. The van der Waals surface area contributed by atoms with Gasteiger partial charge in [0.25, 0.3) is 0 Å². The van der Waals surface area contributed by atoms with Crippen LogP contribution >= 0.6 is 0 Å². The summed E-state index contributed by atoms with van der Waals surface area (Å²) < 4.78 is 64.8. The summed E-state index contributed by atoms with van der Waals surface area (Å²) >= 11 is 0. The summed E-state index contributed by atoms with van der Waals surface area (Å²) in [5, 5.41) is 2.98. The van der Waals surface area contributed by atoms with Gasteiger partial charge in [0, 0.05) is 25.7 Å². The fourth-order valence-corrected chi connectivity index (χ4v) is 3.44. The molecule has 0 bridgehead atoms. The van der Waals surface area contributed by atoms with Crippen LogP contribution in [-0.4, -0.2) is 38.9 Å². The third-order valence-electron chi connectivity index (χ3n) is 3.18. The van der Waals surface area contributed by atoms with Gasteiger partial charge in [-0.05, 0) is 19.0 Å². The molecule has 1 fully saturated rings. The molecule has 0 amide bonds. The van der Waals surface area contributed by atoms with Gasteiger partial charge in [-0.15, -0.1) is 0 Å². The molecule has 2 rings (SSSR count). The van der Waals surface area contributed by atoms with Crippen LogP contribution in [0.15, 0.2) is 17.0 Å². The molecule has 1 saturated heterocycles. The molecule has 0 saturated carbocycles. The molecule has 4 nitrogen and oxygen atoms in total. The summed E-state index contributed by atoms with van der Waals surface area (Å²) in [4.78, 5) is -0.846. The first kappa shape index (κ1) is 14.3. The number of nitrogens with one attached hydrogen (secondary N) is 1. The van der Waals surface area contributed by atoms with Crippen LogP contribution in [0.2, 0.25) is 0 Å². The highest BCUT2D eigenvalue weighted by molar-refractivity contribution is 7.89. The van der Waals surface area contributed by atoms with Crippen molar-refractivity contribution in [2.75, 3.05) is 20.1 Å². The van der Waals surface area contributed by atoms with Crippen LogP contribution in [0.3, 0.4) is 0 Å². The molecule has 0 radical (unpaired) electrons. The standard InChI is InChI=1S/C11H13F3N2O2S/c1-16(7-2-3-15-6-7)19(17,18)11-5-9(13)8(12)4-10(11)14/h4-5,7,15H,2-3,6H2,1H3. The van der Waals surface area contributed by atoms with Crippen LogP contribution in [0.1, 0.15) is 6.42 Å². The summed E-state index contributed by atoms with van der Waals surface area (Å²) in [6, 6.07) is 0.291. The van der Waals surface area contributed by atoms with Gasteiger partial charge in [-0.3, -0.25) is 0 Å². The predicted molar refractivity (Wildman–Crippen MR) is 62.5 cm³/mol. The summed E-state index contributed by atoms with van der Waals surface area (Å²) in [5.74, 6) is -4.10. The average molecular weight is 294 g/mol. The molecular formula is C11H13F3N2O2S. The third-order valence-corrected chi connectivity index (χ3v) is 5.11. The number of halogens is 3. The zero-order valence-corrected chi connectivity index (χ0v) is 11.0.